The van der Waals surface area contributed by atoms with E-state index in [4.69, 9.17) is 4.74 Å². The largest absolute Gasteiger partial charge is 0.451 e. The van der Waals surface area contributed by atoms with Gasteiger partial charge in [0.1, 0.15) is 0 Å². The Morgan fingerprint density at radius 3 is 2.50 bits per heavy atom. The number of Topliss-reactive ketones (excluding diaryl/α,β-unsaturated/α-hetero) is 2. The van der Waals surface area contributed by atoms with E-state index < -0.39 is 17.9 Å². The summed E-state index contributed by atoms with van der Waals surface area (Å²) in [6.45, 7) is 6.37. The third-order valence-electron chi connectivity index (χ3n) is 4.93. The highest BCUT2D eigenvalue weighted by Gasteiger charge is 2.26. The second-order valence-corrected chi connectivity index (χ2v) is 7.01. The fraction of sp³-hybridized carbons (Fsp3) is 0.333. The fourth-order valence-corrected chi connectivity index (χ4v) is 3.52. The molecule has 0 spiro atoms. The maximum Gasteiger partial charge on any atom is 0.338 e. The summed E-state index contributed by atoms with van der Waals surface area (Å²) in [5, 5.41) is 2.75. The van der Waals surface area contributed by atoms with Crippen molar-refractivity contribution in [3.8, 4) is 0 Å². The van der Waals surface area contributed by atoms with Crippen molar-refractivity contribution in [1.29, 1.82) is 0 Å². The topological polar surface area (TPSA) is 105 Å². The normalized spacial score (nSPS) is 14.1. The van der Waals surface area contributed by atoms with E-state index in [1.54, 1.807) is 32.0 Å². The lowest BCUT2D eigenvalue weighted by molar-refractivity contribution is -0.116. The van der Waals surface area contributed by atoms with Gasteiger partial charge >= 0.3 is 5.97 Å². The summed E-state index contributed by atoms with van der Waals surface area (Å²) < 4.78 is 5.35. The first-order valence-electron chi connectivity index (χ1n) is 9.07. The molecule has 1 aromatic heterocycles. The molecule has 1 aromatic carbocycles. The van der Waals surface area contributed by atoms with Crippen LogP contribution in [0.1, 0.15) is 68.3 Å². The molecule has 0 bridgehead atoms. The number of benzene rings is 1. The van der Waals surface area contributed by atoms with E-state index in [-0.39, 0.29) is 17.4 Å². The van der Waals surface area contributed by atoms with Crippen molar-refractivity contribution in [3.63, 3.8) is 0 Å². The molecule has 7 nitrogen and oxygen atoms in total. The molecular weight excluding hydrogens is 360 g/mol. The number of aryl methyl sites for hydroxylation is 2. The Bertz CT molecular complexity index is 1000. The number of nitrogens with one attached hydrogen (secondary N) is 2. The van der Waals surface area contributed by atoms with E-state index >= 15 is 0 Å². The zero-order chi connectivity index (χ0) is 20.6. The van der Waals surface area contributed by atoms with Crippen LogP contribution in [0, 0.1) is 13.8 Å². The minimum atomic E-state index is -1.01. The first kappa shape index (κ1) is 19.5. The molecule has 0 fully saturated rings. The number of carbonyl (C=O) groups excluding carboxylic acids is 4. The van der Waals surface area contributed by atoms with E-state index in [0.717, 1.165) is 5.56 Å². The maximum absolute atomic E-state index is 12.7. The average molecular weight is 382 g/mol. The molecule has 0 radical (unpaired) electrons. The van der Waals surface area contributed by atoms with Crippen molar-refractivity contribution in [2.24, 2.45) is 0 Å². The Labute approximate surface area is 162 Å². The molecular formula is C21H22N2O5. The van der Waals surface area contributed by atoms with Crippen LogP contribution in [0.2, 0.25) is 0 Å². The molecule has 0 saturated carbocycles. The highest BCUT2D eigenvalue weighted by molar-refractivity contribution is 6.05. The summed E-state index contributed by atoms with van der Waals surface area (Å²) in [6, 6.07) is 4.89. The zero-order valence-electron chi connectivity index (χ0n) is 16.3. The van der Waals surface area contributed by atoms with Gasteiger partial charge in [0.05, 0.1) is 11.3 Å². The van der Waals surface area contributed by atoms with Crippen LogP contribution < -0.4 is 5.32 Å². The average Bonchev–Trinajstić information content (AvgIpc) is 2.94. The molecule has 146 valence electrons. The molecule has 1 aliphatic rings. The number of carbonyl (C=O) groups is 4. The van der Waals surface area contributed by atoms with Crippen LogP contribution in [0.25, 0.3) is 0 Å². The smallest absolute Gasteiger partial charge is 0.338 e. The Hall–Kier alpha value is -3.22. The first-order chi connectivity index (χ1) is 13.2. The van der Waals surface area contributed by atoms with Crippen LogP contribution in [-0.2, 0) is 16.0 Å². The van der Waals surface area contributed by atoms with Gasteiger partial charge in [-0.25, -0.2) is 4.79 Å². The van der Waals surface area contributed by atoms with Crippen LogP contribution in [0.15, 0.2) is 18.2 Å². The molecule has 2 N–H and O–H groups in total. The minimum Gasteiger partial charge on any atom is -0.451 e. The second kappa shape index (κ2) is 7.42. The number of hydrogen-bond donors (Lipinski definition) is 2. The quantitative estimate of drug-likeness (QED) is 0.610. The number of amides is 1. The molecule has 1 amide bonds. The SMILES string of the molecule is CC(=O)c1c(C)[nH]c(C(=O)[C@@H](C)OC(=O)c2ccc3c(c2)CCC(=O)N3)c1C. The van der Waals surface area contributed by atoms with Gasteiger partial charge in [-0.05, 0) is 63.4 Å². The molecule has 3 rings (SSSR count). The minimum absolute atomic E-state index is 0.0522. The summed E-state index contributed by atoms with van der Waals surface area (Å²) in [5.41, 5.74) is 3.79. The Morgan fingerprint density at radius 1 is 1.14 bits per heavy atom. The standard InChI is InChI=1S/C21H22N2O5/c1-10-18(12(3)24)11(2)22-19(10)20(26)13(4)28-21(27)15-5-7-16-14(9-15)6-8-17(25)23-16/h5,7,9,13,22H,6,8H2,1-4H3,(H,23,25)/t13-/m1/s1. The summed E-state index contributed by atoms with van der Waals surface area (Å²) in [7, 11) is 0. The summed E-state index contributed by atoms with van der Waals surface area (Å²) in [5.74, 6) is -1.19. The van der Waals surface area contributed by atoms with Crippen LogP contribution in [0.3, 0.4) is 0 Å². The number of H-pyrrole nitrogens is 1. The highest BCUT2D eigenvalue weighted by Crippen LogP contribution is 2.25. The van der Waals surface area contributed by atoms with Crippen molar-refractivity contribution in [1.82, 2.24) is 4.98 Å². The zero-order valence-corrected chi connectivity index (χ0v) is 16.3. The summed E-state index contributed by atoms with van der Waals surface area (Å²) in [6.07, 6.45) is -0.102. The number of esters is 1. The summed E-state index contributed by atoms with van der Waals surface area (Å²) >= 11 is 0. The summed E-state index contributed by atoms with van der Waals surface area (Å²) in [4.78, 5) is 51.3. The van der Waals surface area contributed by atoms with Crippen LogP contribution in [0.4, 0.5) is 5.69 Å². The van der Waals surface area contributed by atoms with E-state index in [1.807, 2.05) is 0 Å². The predicted octanol–water partition coefficient (Wildman–Crippen LogP) is 3.15. The van der Waals surface area contributed by atoms with Crippen molar-refractivity contribution < 1.29 is 23.9 Å². The Morgan fingerprint density at radius 2 is 1.86 bits per heavy atom. The maximum atomic E-state index is 12.7. The van der Waals surface area contributed by atoms with Gasteiger partial charge in [-0.2, -0.15) is 0 Å². The van der Waals surface area contributed by atoms with Gasteiger partial charge in [0.25, 0.3) is 0 Å². The van der Waals surface area contributed by atoms with Crippen LogP contribution >= 0.6 is 0 Å². The molecule has 1 aliphatic heterocycles. The van der Waals surface area contributed by atoms with Gasteiger partial charge in [0.2, 0.25) is 11.7 Å². The van der Waals surface area contributed by atoms with Crippen LogP contribution in [0.5, 0.6) is 0 Å². The third-order valence-corrected chi connectivity index (χ3v) is 4.93. The van der Waals surface area contributed by atoms with Gasteiger partial charge in [0.15, 0.2) is 11.9 Å². The third kappa shape index (κ3) is 3.60. The lowest BCUT2D eigenvalue weighted by atomic mass is 10.0. The van der Waals surface area contributed by atoms with Gasteiger partial charge in [-0.15, -0.1) is 0 Å². The van der Waals surface area contributed by atoms with E-state index in [9.17, 15) is 19.2 Å². The number of fused-ring (bicyclic) bond motifs is 1. The Kier molecular flexibility index (Phi) is 5.18. The van der Waals surface area contributed by atoms with E-state index in [0.29, 0.717) is 40.9 Å². The van der Waals surface area contributed by atoms with Gasteiger partial charge in [-0.1, -0.05) is 0 Å². The van der Waals surface area contributed by atoms with Gasteiger partial charge in [-0.3, -0.25) is 14.4 Å². The second-order valence-electron chi connectivity index (χ2n) is 7.01. The van der Waals surface area contributed by atoms with Crippen molar-refractivity contribution >= 4 is 29.1 Å². The number of rotatable bonds is 5. The number of anilines is 1. The number of hydrogen-bond acceptors (Lipinski definition) is 5. The molecule has 0 aliphatic carbocycles. The van der Waals surface area contributed by atoms with E-state index in [2.05, 4.69) is 10.3 Å². The fourth-order valence-electron chi connectivity index (χ4n) is 3.52. The lowest BCUT2D eigenvalue weighted by Crippen LogP contribution is -2.26. The molecule has 1 atom stereocenters. The van der Waals surface area contributed by atoms with Crippen molar-refractivity contribution in [2.75, 3.05) is 5.32 Å². The monoisotopic (exact) mass is 382 g/mol. The molecule has 2 heterocycles. The highest BCUT2D eigenvalue weighted by atomic mass is 16.5. The number of ketones is 2. The Balaban J connectivity index is 1.76. The lowest BCUT2D eigenvalue weighted by Gasteiger charge is -2.18. The van der Waals surface area contributed by atoms with Crippen LogP contribution in [-0.4, -0.2) is 34.5 Å². The first-order valence-corrected chi connectivity index (χ1v) is 9.07. The van der Waals surface area contributed by atoms with Crippen molar-refractivity contribution in [2.45, 2.75) is 46.6 Å². The van der Waals surface area contributed by atoms with Gasteiger partial charge < -0.3 is 15.0 Å². The van der Waals surface area contributed by atoms with Gasteiger partial charge in [0, 0.05) is 23.4 Å². The van der Waals surface area contributed by atoms with Crippen molar-refractivity contribution in [3.05, 3.63) is 51.8 Å². The number of aromatic nitrogens is 1. The number of aromatic amines is 1. The molecule has 28 heavy (non-hydrogen) atoms. The molecule has 2 aromatic rings. The molecule has 7 heteroatoms. The molecule has 0 saturated heterocycles. The van der Waals surface area contributed by atoms with E-state index in [1.165, 1.54) is 13.8 Å². The predicted molar refractivity (Wildman–Crippen MR) is 103 cm³/mol. The molecule has 0 unspecified atom stereocenters. The number of ether oxygens (including phenoxy) is 1.